The minimum Gasteiger partial charge on any atom is -0.424 e. The molecule has 0 N–H and O–H groups in total. The van der Waals surface area contributed by atoms with Gasteiger partial charge in [0.05, 0.1) is 17.4 Å². The zero-order valence-electron chi connectivity index (χ0n) is 16.3. The first kappa shape index (κ1) is 17.3. The van der Waals surface area contributed by atoms with E-state index in [2.05, 4.69) is 33.8 Å². The lowest BCUT2D eigenvalue weighted by atomic mass is 10.2. The molecule has 0 atom stereocenters. The monoisotopic (exact) mass is 385 g/mol. The zero-order chi connectivity index (χ0) is 20.0. The molecule has 0 aliphatic heterocycles. The first-order valence-electron chi connectivity index (χ1n) is 9.37. The van der Waals surface area contributed by atoms with E-state index < -0.39 is 0 Å². The van der Waals surface area contributed by atoms with Crippen LogP contribution >= 0.6 is 0 Å². The van der Waals surface area contributed by atoms with E-state index >= 15 is 0 Å². The van der Waals surface area contributed by atoms with Crippen molar-refractivity contribution in [2.45, 2.75) is 19.9 Å². The molecule has 0 saturated heterocycles. The highest BCUT2D eigenvalue weighted by Gasteiger charge is 2.16. The van der Waals surface area contributed by atoms with Crippen molar-refractivity contribution in [3.05, 3.63) is 55.0 Å². The second-order valence-corrected chi connectivity index (χ2v) is 7.04. The van der Waals surface area contributed by atoms with Crippen molar-refractivity contribution in [1.82, 2.24) is 34.3 Å². The molecule has 5 heterocycles. The Bertz CT molecular complexity index is 1320. The molecule has 0 amide bonds. The van der Waals surface area contributed by atoms with E-state index in [1.54, 1.807) is 18.6 Å². The first-order chi connectivity index (χ1) is 14.1. The summed E-state index contributed by atoms with van der Waals surface area (Å²) in [5, 5.41) is 4.74. The van der Waals surface area contributed by atoms with Gasteiger partial charge in [0.25, 0.3) is 0 Å². The molecule has 5 aromatic rings. The number of fused-ring (bicyclic) bond motifs is 2. The first-order valence-corrected chi connectivity index (χ1v) is 9.37. The molecule has 5 aromatic heterocycles. The topological polar surface area (TPSA) is 83.5 Å². The van der Waals surface area contributed by atoms with E-state index in [4.69, 9.17) is 9.84 Å². The smallest absolute Gasteiger partial charge is 0.303 e. The fourth-order valence-corrected chi connectivity index (χ4v) is 3.32. The summed E-state index contributed by atoms with van der Waals surface area (Å²) in [5.41, 5.74) is 4.88. The third kappa shape index (κ3) is 2.89. The third-order valence-electron chi connectivity index (χ3n) is 4.73. The van der Waals surface area contributed by atoms with Crippen LogP contribution < -0.4 is 4.74 Å². The SMILES string of the molecule is CC(C)n1nc(-c2ccc(Oc3nc4cccnc4n3C)cn2)c2ncccc21. The molecular weight excluding hydrogens is 366 g/mol. The summed E-state index contributed by atoms with van der Waals surface area (Å²) >= 11 is 0. The number of hydrogen-bond donors (Lipinski definition) is 0. The van der Waals surface area contributed by atoms with Crippen LogP contribution in [0.15, 0.2) is 55.0 Å². The molecule has 0 fully saturated rings. The Morgan fingerprint density at radius 3 is 2.55 bits per heavy atom. The molecule has 0 radical (unpaired) electrons. The number of rotatable bonds is 4. The Labute approximate surface area is 166 Å². The highest BCUT2D eigenvalue weighted by Crippen LogP contribution is 2.29. The zero-order valence-corrected chi connectivity index (χ0v) is 16.3. The van der Waals surface area contributed by atoms with Gasteiger partial charge in [0.2, 0.25) is 0 Å². The van der Waals surface area contributed by atoms with Crippen LogP contribution in [0.25, 0.3) is 33.6 Å². The fourth-order valence-electron chi connectivity index (χ4n) is 3.32. The number of aromatic nitrogens is 7. The van der Waals surface area contributed by atoms with E-state index in [0.29, 0.717) is 11.8 Å². The third-order valence-corrected chi connectivity index (χ3v) is 4.73. The molecule has 0 saturated carbocycles. The molecule has 8 heteroatoms. The Balaban J connectivity index is 1.49. The minimum atomic E-state index is 0.226. The number of ether oxygens (including phenoxy) is 1. The quantitative estimate of drug-likeness (QED) is 0.462. The second-order valence-electron chi connectivity index (χ2n) is 7.04. The molecule has 0 aliphatic rings. The van der Waals surface area contributed by atoms with Gasteiger partial charge in [-0.05, 0) is 50.2 Å². The van der Waals surface area contributed by atoms with Crippen molar-refractivity contribution in [3.63, 3.8) is 0 Å². The van der Waals surface area contributed by atoms with Gasteiger partial charge in [-0.3, -0.25) is 19.2 Å². The number of hydrogen-bond acceptors (Lipinski definition) is 6. The molecule has 0 spiro atoms. The Hall–Kier alpha value is -3.81. The molecule has 0 aliphatic carbocycles. The maximum absolute atomic E-state index is 5.92. The van der Waals surface area contributed by atoms with Crippen LogP contribution in [-0.2, 0) is 7.05 Å². The summed E-state index contributed by atoms with van der Waals surface area (Å²) in [6, 6.07) is 12.1. The summed E-state index contributed by atoms with van der Waals surface area (Å²) in [6.45, 7) is 4.19. The highest BCUT2D eigenvalue weighted by atomic mass is 16.5. The van der Waals surface area contributed by atoms with Crippen molar-refractivity contribution in [1.29, 1.82) is 0 Å². The molecular formula is C21H19N7O. The van der Waals surface area contributed by atoms with Crippen molar-refractivity contribution in [2.75, 3.05) is 0 Å². The Kier molecular flexibility index (Phi) is 3.97. The Morgan fingerprint density at radius 1 is 0.966 bits per heavy atom. The predicted octanol–water partition coefficient (Wildman–Crippen LogP) is 4.15. The summed E-state index contributed by atoms with van der Waals surface area (Å²) in [4.78, 5) is 17.9. The maximum atomic E-state index is 5.92. The van der Waals surface area contributed by atoms with Crippen molar-refractivity contribution >= 4 is 22.2 Å². The lowest BCUT2D eigenvalue weighted by molar-refractivity contribution is 0.425. The van der Waals surface area contributed by atoms with Crippen molar-refractivity contribution in [3.8, 4) is 23.1 Å². The van der Waals surface area contributed by atoms with Crippen LogP contribution in [0.3, 0.4) is 0 Å². The summed E-state index contributed by atoms with van der Waals surface area (Å²) in [7, 11) is 1.87. The van der Waals surface area contributed by atoms with E-state index in [0.717, 1.165) is 33.6 Å². The molecule has 29 heavy (non-hydrogen) atoms. The Morgan fingerprint density at radius 2 is 1.79 bits per heavy atom. The number of imidazole rings is 1. The van der Waals surface area contributed by atoms with Gasteiger partial charge in [0, 0.05) is 25.5 Å². The van der Waals surface area contributed by atoms with Gasteiger partial charge < -0.3 is 4.74 Å². The average Bonchev–Trinajstić information content (AvgIpc) is 3.28. The average molecular weight is 385 g/mol. The molecule has 5 rings (SSSR count). The number of aryl methyl sites for hydroxylation is 1. The molecule has 8 nitrogen and oxygen atoms in total. The second kappa shape index (κ2) is 6.66. The minimum absolute atomic E-state index is 0.226. The van der Waals surface area contributed by atoms with Crippen LogP contribution in [0.5, 0.6) is 11.8 Å². The highest BCUT2D eigenvalue weighted by molar-refractivity contribution is 5.88. The van der Waals surface area contributed by atoms with Gasteiger partial charge in [-0.25, -0.2) is 4.98 Å². The van der Waals surface area contributed by atoms with Crippen LogP contribution in [0.1, 0.15) is 19.9 Å². The van der Waals surface area contributed by atoms with Crippen LogP contribution in [-0.4, -0.2) is 34.3 Å². The van der Waals surface area contributed by atoms with E-state index in [-0.39, 0.29) is 6.04 Å². The van der Waals surface area contributed by atoms with E-state index in [1.165, 1.54) is 0 Å². The predicted molar refractivity (Wildman–Crippen MR) is 110 cm³/mol. The van der Waals surface area contributed by atoms with Gasteiger partial charge in [-0.2, -0.15) is 10.1 Å². The lowest BCUT2D eigenvalue weighted by Crippen LogP contribution is -2.02. The summed E-state index contributed by atoms with van der Waals surface area (Å²) < 4.78 is 9.70. The molecule has 0 unspecified atom stereocenters. The van der Waals surface area contributed by atoms with Gasteiger partial charge >= 0.3 is 6.01 Å². The van der Waals surface area contributed by atoms with E-state index in [1.807, 2.05) is 52.7 Å². The normalized spacial score (nSPS) is 11.6. The maximum Gasteiger partial charge on any atom is 0.303 e. The molecule has 0 bridgehead atoms. The lowest BCUT2D eigenvalue weighted by Gasteiger charge is -2.06. The van der Waals surface area contributed by atoms with Crippen molar-refractivity contribution < 1.29 is 4.74 Å². The van der Waals surface area contributed by atoms with Gasteiger partial charge in [0.15, 0.2) is 5.65 Å². The van der Waals surface area contributed by atoms with Crippen LogP contribution in [0, 0.1) is 0 Å². The molecule has 0 aromatic carbocycles. The largest absolute Gasteiger partial charge is 0.424 e. The fraction of sp³-hybridized carbons (Fsp3) is 0.190. The number of pyridine rings is 3. The summed E-state index contributed by atoms with van der Waals surface area (Å²) in [5.74, 6) is 0.590. The van der Waals surface area contributed by atoms with Gasteiger partial charge in [0.1, 0.15) is 22.5 Å². The summed E-state index contributed by atoms with van der Waals surface area (Å²) in [6.07, 6.45) is 5.18. The van der Waals surface area contributed by atoms with Gasteiger partial charge in [-0.15, -0.1) is 0 Å². The number of nitrogens with zero attached hydrogens (tertiary/aromatic N) is 7. The molecule has 144 valence electrons. The van der Waals surface area contributed by atoms with E-state index in [9.17, 15) is 0 Å². The van der Waals surface area contributed by atoms with Gasteiger partial charge in [-0.1, -0.05) is 0 Å². The van der Waals surface area contributed by atoms with Crippen LogP contribution in [0.4, 0.5) is 0 Å². The van der Waals surface area contributed by atoms with Crippen LogP contribution in [0.2, 0.25) is 0 Å². The standard InChI is InChI=1S/C21H19N7O/c1-13(2)28-17-7-5-10-22-19(17)18(26-28)15-9-8-14(12-24-15)29-21-25-16-6-4-11-23-20(16)27(21)3/h4-13H,1-3H3. The van der Waals surface area contributed by atoms with Crippen molar-refractivity contribution in [2.24, 2.45) is 7.05 Å².